The minimum Gasteiger partial charge on any atom is -0.374 e. The number of rotatable bonds is 2. The largest absolute Gasteiger partial charge is 0.374 e. The van der Waals surface area contributed by atoms with Crippen LogP contribution in [-0.2, 0) is 6.42 Å². The maximum absolute atomic E-state index is 5.95. The zero-order chi connectivity index (χ0) is 11.3. The molecule has 2 heteroatoms. The quantitative estimate of drug-likeness (QED) is 0.820. The van der Waals surface area contributed by atoms with Gasteiger partial charge in [-0.05, 0) is 48.8 Å². The van der Waals surface area contributed by atoms with Crippen molar-refractivity contribution in [2.45, 2.75) is 31.7 Å². The van der Waals surface area contributed by atoms with Crippen molar-refractivity contribution in [1.82, 2.24) is 0 Å². The van der Waals surface area contributed by atoms with Gasteiger partial charge in [-0.25, -0.2) is 0 Å². The minimum absolute atomic E-state index is 0.348. The smallest absolute Gasteiger partial charge is 0.0397 e. The Kier molecular flexibility index (Phi) is 2.21. The molecule has 0 amide bonds. The molecular formula is C14H20N2. The van der Waals surface area contributed by atoms with Crippen LogP contribution in [0, 0.1) is 5.92 Å². The van der Waals surface area contributed by atoms with E-state index in [0.717, 1.165) is 11.8 Å². The van der Waals surface area contributed by atoms with Crippen LogP contribution < -0.4 is 10.6 Å². The second-order valence-electron chi connectivity index (χ2n) is 5.42. The second-order valence-corrected chi connectivity index (χ2v) is 5.42. The highest BCUT2D eigenvalue weighted by Crippen LogP contribution is 2.49. The van der Waals surface area contributed by atoms with Crippen molar-refractivity contribution < 1.29 is 0 Å². The predicted octanol–water partition coefficient (Wildman–Crippen LogP) is 2.13. The maximum Gasteiger partial charge on any atom is 0.0397 e. The van der Waals surface area contributed by atoms with Crippen LogP contribution in [0.1, 0.15) is 30.4 Å². The van der Waals surface area contributed by atoms with E-state index in [0.29, 0.717) is 6.04 Å². The standard InChI is InChI=1S/C14H20N2/c1-9(15)12-8-13(12)10-3-4-14-11(7-10)5-6-16(14)2/h3-4,7,9,12-13H,5-6,8,15H2,1-2H3. The molecule has 0 radical (unpaired) electrons. The van der Waals surface area contributed by atoms with E-state index in [1.54, 1.807) is 0 Å². The lowest BCUT2D eigenvalue weighted by Crippen LogP contribution is -2.17. The number of benzene rings is 1. The van der Waals surface area contributed by atoms with E-state index in [2.05, 4.69) is 37.1 Å². The van der Waals surface area contributed by atoms with Gasteiger partial charge in [-0.3, -0.25) is 0 Å². The summed E-state index contributed by atoms with van der Waals surface area (Å²) in [4.78, 5) is 2.34. The summed E-state index contributed by atoms with van der Waals surface area (Å²) in [5.74, 6) is 1.45. The lowest BCUT2D eigenvalue weighted by Gasteiger charge is -2.12. The van der Waals surface area contributed by atoms with Crippen LogP contribution >= 0.6 is 0 Å². The summed E-state index contributed by atoms with van der Waals surface area (Å²) in [6.07, 6.45) is 2.49. The zero-order valence-electron chi connectivity index (χ0n) is 10.1. The summed E-state index contributed by atoms with van der Waals surface area (Å²) < 4.78 is 0. The number of nitrogens with zero attached hydrogens (tertiary/aromatic N) is 1. The topological polar surface area (TPSA) is 29.3 Å². The molecule has 1 fully saturated rings. The first-order chi connectivity index (χ1) is 7.66. The van der Waals surface area contributed by atoms with Gasteiger partial charge in [0.15, 0.2) is 0 Å². The molecule has 1 aliphatic carbocycles. The Bertz CT molecular complexity index is 411. The molecular weight excluding hydrogens is 196 g/mol. The van der Waals surface area contributed by atoms with Gasteiger partial charge in [-0.2, -0.15) is 0 Å². The SMILES string of the molecule is CC(N)C1CC1c1ccc2c(c1)CCN2C. The van der Waals surface area contributed by atoms with Crippen LogP contribution in [0.4, 0.5) is 5.69 Å². The van der Waals surface area contributed by atoms with Crippen molar-refractivity contribution in [3.05, 3.63) is 29.3 Å². The molecule has 0 spiro atoms. The highest BCUT2D eigenvalue weighted by molar-refractivity contribution is 5.59. The average molecular weight is 216 g/mol. The molecule has 3 unspecified atom stereocenters. The van der Waals surface area contributed by atoms with Crippen LogP contribution in [0.5, 0.6) is 0 Å². The van der Waals surface area contributed by atoms with Gasteiger partial charge in [-0.15, -0.1) is 0 Å². The molecule has 2 N–H and O–H groups in total. The lowest BCUT2D eigenvalue weighted by molar-refractivity contribution is 0.631. The van der Waals surface area contributed by atoms with E-state index in [9.17, 15) is 0 Å². The normalized spacial score (nSPS) is 29.1. The van der Waals surface area contributed by atoms with E-state index in [-0.39, 0.29) is 0 Å². The monoisotopic (exact) mass is 216 g/mol. The summed E-state index contributed by atoms with van der Waals surface area (Å²) in [7, 11) is 2.17. The summed E-state index contributed by atoms with van der Waals surface area (Å²) in [6.45, 7) is 3.30. The van der Waals surface area contributed by atoms with Crippen molar-refractivity contribution in [3.63, 3.8) is 0 Å². The molecule has 16 heavy (non-hydrogen) atoms. The summed E-state index contributed by atoms with van der Waals surface area (Å²) in [5, 5.41) is 0. The third-order valence-corrected chi connectivity index (χ3v) is 4.17. The van der Waals surface area contributed by atoms with Gasteiger partial charge in [0, 0.05) is 25.3 Å². The van der Waals surface area contributed by atoms with E-state index in [1.807, 2.05) is 0 Å². The zero-order valence-corrected chi connectivity index (χ0v) is 10.1. The number of likely N-dealkylation sites (N-methyl/N-ethyl adjacent to an activating group) is 1. The maximum atomic E-state index is 5.95. The molecule has 86 valence electrons. The van der Waals surface area contributed by atoms with Crippen molar-refractivity contribution in [2.75, 3.05) is 18.5 Å². The van der Waals surface area contributed by atoms with Gasteiger partial charge in [-0.1, -0.05) is 12.1 Å². The van der Waals surface area contributed by atoms with E-state index >= 15 is 0 Å². The lowest BCUT2D eigenvalue weighted by atomic mass is 10.0. The predicted molar refractivity (Wildman–Crippen MR) is 67.9 cm³/mol. The van der Waals surface area contributed by atoms with Crippen molar-refractivity contribution in [1.29, 1.82) is 0 Å². The Morgan fingerprint density at radius 3 is 2.94 bits per heavy atom. The first-order valence-corrected chi connectivity index (χ1v) is 6.26. The Labute approximate surface area is 97.4 Å². The molecule has 3 rings (SSSR count). The molecule has 0 bridgehead atoms. The summed E-state index contributed by atoms with van der Waals surface area (Å²) in [6, 6.07) is 7.34. The van der Waals surface area contributed by atoms with Gasteiger partial charge in [0.1, 0.15) is 0 Å². The second kappa shape index (κ2) is 3.49. The van der Waals surface area contributed by atoms with Gasteiger partial charge >= 0.3 is 0 Å². The molecule has 1 heterocycles. The molecule has 1 aromatic rings. The van der Waals surface area contributed by atoms with Gasteiger partial charge in [0.25, 0.3) is 0 Å². The minimum atomic E-state index is 0.348. The highest BCUT2D eigenvalue weighted by atomic mass is 15.1. The third-order valence-electron chi connectivity index (χ3n) is 4.17. The van der Waals surface area contributed by atoms with Crippen molar-refractivity contribution in [2.24, 2.45) is 11.7 Å². The van der Waals surface area contributed by atoms with E-state index < -0.39 is 0 Å². The molecule has 3 atom stereocenters. The van der Waals surface area contributed by atoms with E-state index in [1.165, 1.54) is 36.2 Å². The molecule has 2 nitrogen and oxygen atoms in total. The van der Waals surface area contributed by atoms with Crippen LogP contribution in [-0.4, -0.2) is 19.6 Å². The highest BCUT2D eigenvalue weighted by Gasteiger charge is 2.40. The fourth-order valence-electron chi connectivity index (χ4n) is 3.00. The summed E-state index contributed by atoms with van der Waals surface area (Å²) in [5.41, 5.74) is 10.4. The first-order valence-electron chi connectivity index (χ1n) is 6.26. The van der Waals surface area contributed by atoms with Crippen LogP contribution in [0.25, 0.3) is 0 Å². The molecule has 0 saturated heterocycles. The van der Waals surface area contributed by atoms with Crippen LogP contribution in [0.15, 0.2) is 18.2 Å². The van der Waals surface area contributed by atoms with E-state index in [4.69, 9.17) is 5.73 Å². The van der Waals surface area contributed by atoms with Crippen LogP contribution in [0.3, 0.4) is 0 Å². The van der Waals surface area contributed by atoms with Crippen molar-refractivity contribution >= 4 is 5.69 Å². The number of fused-ring (bicyclic) bond motifs is 1. The number of anilines is 1. The Hall–Kier alpha value is -1.02. The molecule has 0 aromatic heterocycles. The van der Waals surface area contributed by atoms with Crippen LogP contribution in [0.2, 0.25) is 0 Å². The molecule has 2 aliphatic rings. The molecule has 1 aromatic carbocycles. The number of hydrogen-bond donors (Lipinski definition) is 1. The fourth-order valence-corrected chi connectivity index (χ4v) is 3.00. The number of nitrogens with two attached hydrogens (primary N) is 1. The van der Waals surface area contributed by atoms with Gasteiger partial charge < -0.3 is 10.6 Å². The van der Waals surface area contributed by atoms with Crippen molar-refractivity contribution in [3.8, 4) is 0 Å². The third kappa shape index (κ3) is 1.52. The first kappa shape index (κ1) is 10.2. The summed E-state index contributed by atoms with van der Waals surface area (Å²) >= 11 is 0. The average Bonchev–Trinajstić information content (AvgIpc) is 2.99. The fraction of sp³-hybridized carbons (Fsp3) is 0.571. The molecule has 1 aliphatic heterocycles. The van der Waals surface area contributed by atoms with Gasteiger partial charge in [0.05, 0.1) is 0 Å². The molecule has 1 saturated carbocycles. The Balaban J connectivity index is 1.84. The Morgan fingerprint density at radius 1 is 1.44 bits per heavy atom. The van der Waals surface area contributed by atoms with Gasteiger partial charge in [0.2, 0.25) is 0 Å². The Morgan fingerprint density at radius 2 is 2.25 bits per heavy atom. The number of hydrogen-bond acceptors (Lipinski definition) is 2.